The van der Waals surface area contributed by atoms with E-state index in [-0.39, 0.29) is 55.3 Å². The van der Waals surface area contributed by atoms with Gasteiger partial charge in [-0.25, -0.2) is 9.18 Å². The molecule has 1 aromatic carbocycles. The van der Waals surface area contributed by atoms with Gasteiger partial charge in [0.25, 0.3) is 0 Å². The molecule has 4 heterocycles. The monoisotopic (exact) mass is 472 g/mol. The van der Waals surface area contributed by atoms with E-state index in [1.807, 2.05) is 0 Å². The Hall–Kier alpha value is -4.33. The summed E-state index contributed by atoms with van der Waals surface area (Å²) in [7, 11) is 0. The summed E-state index contributed by atoms with van der Waals surface area (Å²) in [6.07, 6.45) is -0.534. The third kappa shape index (κ3) is 4.05. The smallest absolute Gasteiger partial charge is 0.414 e. The number of fused-ring (bicyclic) bond motifs is 1. The Balaban J connectivity index is 1.26. The van der Waals surface area contributed by atoms with E-state index < -0.39 is 29.0 Å². The zero-order valence-electron chi connectivity index (χ0n) is 17.4. The highest BCUT2D eigenvalue weighted by Gasteiger charge is 2.32. The van der Waals surface area contributed by atoms with E-state index in [1.54, 1.807) is 6.07 Å². The third-order valence-corrected chi connectivity index (χ3v) is 5.26. The lowest BCUT2D eigenvalue weighted by Gasteiger charge is -2.22. The van der Waals surface area contributed by atoms with Gasteiger partial charge in [0.05, 0.1) is 31.1 Å². The molecule has 1 saturated heterocycles. The number of nitro groups is 1. The summed E-state index contributed by atoms with van der Waals surface area (Å²) in [6.45, 7) is 0.192. The molecule has 0 bridgehead atoms. The number of aliphatic hydroxyl groups is 1. The van der Waals surface area contributed by atoms with Gasteiger partial charge in [0.2, 0.25) is 5.88 Å². The summed E-state index contributed by atoms with van der Waals surface area (Å²) in [4.78, 5) is 27.2. The molecule has 2 aliphatic heterocycles. The second-order valence-corrected chi connectivity index (χ2v) is 7.56. The Labute approximate surface area is 190 Å². The molecule has 1 N–H and O–H groups in total. The van der Waals surface area contributed by atoms with Crippen LogP contribution in [0.2, 0.25) is 0 Å². The molecule has 0 radical (unpaired) electrons. The van der Waals surface area contributed by atoms with Gasteiger partial charge in [0.1, 0.15) is 24.7 Å². The number of rotatable bonds is 6. The Morgan fingerprint density at radius 1 is 1.26 bits per heavy atom. The zero-order chi connectivity index (χ0) is 23.8. The van der Waals surface area contributed by atoms with Crippen LogP contribution in [-0.2, 0) is 11.3 Å². The van der Waals surface area contributed by atoms with Gasteiger partial charge < -0.3 is 29.4 Å². The zero-order valence-corrected chi connectivity index (χ0v) is 17.4. The molecule has 5 rings (SSSR count). The number of ether oxygens (including phenoxy) is 3. The van der Waals surface area contributed by atoms with Crippen molar-refractivity contribution in [1.82, 2.24) is 19.7 Å². The summed E-state index contributed by atoms with van der Waals surface area (Å²) < 4.78 is 32.3. The van der Waals surface area contributed by atoms with Crippen LogP contribution in [-0.4, -0.2) is 67.8 Å². The molecular weight excluding hydrogens is 455 g/mol. The quantitative estimate of drug-likeness (QED) is 0.412. The summed E-state index contributed by atoms with van der Waals surface area (Å²) >= 11 is 0. The summed E-state index contributed by atoms with van der Waals surface area (Å²) in [5, 5.41) is 28.0. The van der Waals surface area contributed by atoms with E-state index in [1.165, 1.54) is 39.9 Å². The predicted octanol–water partition coefficient (Wildman–Crippen LogP) is 1.54. The van der Waals surface area contributed by atoms with Crippen molar-refractivity contribution in [2.45, 2.75) is 18.8 Å². The highest BCUT2D eigenvalue weighted by atomic mass is 19.1. The standard InChI is InChI=1S/C20H17FN6O7/c21-15-5-11(26-7-12(9-28)34-20(26)29)1-2-14(15)16-3-4-18(24-23-16)33-13-6-25-8-17(27(30)31)22-19(25)32-10-13/h1-5,8,12-13,28H,6-7,9-10H2/t12-,13+/m1/s1. The third-order valence-electron chi connectivity index (χ3n) is 5.26. The highest BCUT2D eigenvalue weighted by Crippen LogP contribution is 2.29. The average molecular weight is 472 g/mol. The van der Waals surface area contributed by atoms with Crippen molar-refractivity contribution in [2.24, 2.45) is 0 Å². The van der Waals surface area contributed by atoms with Crippen LogP contribution in [0.4, 0.5) is 20.7 Å². The maximum Gasteiger partial charge on any atom is 0.414 e. The van der Waals surface area contributed by atoms with E-state index in [9.17, 15) is 19.3 Å². The van der Waals surface area contributed by atoms with Gasteiger partial charge in [-0.1, -0.05) is 0 Å². The van der Waals surface area contributed by atoms with Crippen LogP contribution in [0.1, 0.15) is 0 Å². The summed E-state index contributed by atoms with van der Waals surface area (Å²) in [6, 6.07) is 7.39. The molecule has 0 aliphatic carbocycles. The van der Waals surface area contributed by atoms with Crippen LogP contribution in [0.25, 0.3) is 11.3 Å². The molecule has 13 nitrogen and oxygen atoms in total. The number of anilines is 1. The number of nitrogens with zero attached hydrogens (tertiary/aromatic N) is 6. The maximum atomic E-state index is 14.8. The number of aromatic nitrogens is 4. The van der Waals surface area contributed by atoms with Crippen molar-refractivity contribution in [3.63, 3.8) is 0 Å². The number of cyclic esters (lactones) is 1. The minimum Gasteiger partial charge on any atom is -0.468 e. The molecule has 34 heavy (non-hydrogen) atoms. The fourth-order valence-corrected chi connectivity index (χ4v) is 3.63. The van der Waals surface area contributed by atoms with E-state index in [0.29, 0.717) is 5.69 Å². The lowest BCUT2D eigenvalue weighted by Crippen LogP contribution is -2.34. The average Bonchev–Trinajstić information content (AvgIpc) is 3.43. The van der Waals surface area contributed by atoms with Crippen LogP contribution >= 0.6 is 0 Å². The molecular formula is C20H17FN6O7. The van der Waals surface area contributed by atoms with Crippen molar-refractivity contribution >= 4 is 17.6 Å². The number of carbonyl (C=O) groups is 1. The number of imidazole rings is 1. The lowest BCUT2D eigenvalue weighted by atomic mass is 10.1. The van der Waals surface area contributed by atoms with Gasteiger partial charge in [-0.3, -0.25) is 9.47 Å². The van der Waals surface area contributed by atoms with E-state index in [0.717, 1.165) is 0 Å². The molecule has 0 spiro atoms. The van der Waals surface area contributed by atoms with Gasteiger partial charge in [0.15, 0.2) is 6.10 Å². The molecule has 3 aromatic rings. The van der Waals surface area contributed by atoms with Crippen molar-refractivity contribution in [3.05, 3.63) is 52.5 Å². The minimum atomic E-state index is -0.656. The molecule has 1 fully saturated rings. The van der Waals surface area contributed by atoms with Crippen LogP contribution in [0, 0.1) is 15.9 Å². The molecule has 2 aromatic heterocycles. The van der Waals surface area contributed by atoms with E-state index >= 15 is 0 Å². The molecule has 2 aliphatic rings. The Morgan fingerprint density at radius 3 is 2.79 bits per heavy atom. The molecule has 14 heteroatoms. The number of halogens is 1. The highest BCUT2D eigenvalue weighted by molar-refractivity contribution is 5.90. The fourth-order valence-electron chi connectivity index (χ4n) is 3.63. The number of hydrogen-bond acceptors (Lipinski definition) is 10. The maximum absolute atomic E-state index is 14.8. The Bertz CT molecular complexity index is 1250. The van der Waals surface area contributed by atoms with E-state index in [2.05, 4.69) is 15.2 Å². The number of carbonyl (C=O) groups excluding carboxylic acids is 1. The predicted molar refractivity (Wildman–Crippen MR) is 111 cm³/mol. The SMILES string of the molecule is O=C1O[C@@H](CO)CN1c1ccc(-c2ccc(O[C@@H]3COc4nc([N+](=O)[O-])cn4C3)nn2)c(F)c1. The lowest BCUT2D eigenvalue weighted by molar-refractivity contribution is -0.389. The molecule has 0 unspecified atom stereocenters. The van der Waals surface area contributed by atoms with Crippen molar-refractivity contribution < 1.29 is 33.4 Å². The second-order valence-electron chi connectivity index (χ2n) is 7.56. The molecule has 2 atom stereocenters. The first kappa shape index (κ1) is 21.5. The second kappa shape index (κ2) is 8.55. The minimum absolute atomic E-state index is 0.115. The van der Waals surface area contributed by atoms with Gasteiger partial charge >= 0.3 is 17.9 Å². The van der Waals surface area contributed by atoms with Gasteiger partial charge in [0, 0.05) is 16.6 Å². The normalized spacial score (nSPS) is 19.4. The molecule has 1 amide bonds. The summed E-state index contributed by atoms with van der Waals surface area (Å²) in [5.41, 5.74) is 0.720. The number of hydrogen-bond donors (Lipinski definition) is 1. The van der Waals surface area contributed by atoms with Crippen LogP contribution in [0.5, 0.6) is 11.9 Å². The Kier molecular flexibility index (Phi) is 5.41. The number of amides is 1. The topological polar surface area (TPSA) is 155 Å². The van der Waals surface area contributed by atoms with Crippen LogP contribution in [0.3, 0.4) is 0 Å². The number of aliphatic hydroxyl groups excluding tert-OH is 1. The first-order valence-electron chi connectivity index (χ1n) is 10.1. The first-order valence-corrected chi connectivity index (χ1v) is 10.1. The van der Waals surface area contributed by atoms with E-state index in [4.69, 9.17) is 19.3 Å². The van der Waals surface area contributed by atoms with Crippen molar-refractivity contribution in [3.8, 4) is 23.1 Å². The van der Waals surface area contributed by atoms with Crippen LogP contribution in [0.15, 0.2) is 36.5 Å². The molecule has 176 valence electrons. The van der Waals surface area contributed by atoms with Crippen LogP contribution < -0.4 is 14.4 Å². The van der Waals surface area contributed by atoms with Gasteiger partial charge in [-0.2, -0.15) is 0 Å². The number of benzene rings is 1. The Morgan fingerprint density at radius 2 is 2.12 bits per heavy atom. The summed E-state index contributed by atoms with van der Waals surface area (Å²) in [5.74, 6) is -0.763. The van der Waals surface area contributed by atoms with Crippen molar-refractivity contribution in [1.29, 1.82) is 0 Å². The fraction of sp³-hybridized carbons (Fsp3) is 0.300. The molecule has 0 saturated carbocycles. The largest absolute Gasteiger partial charge is 0.468 e. The first-order chi connectivity index (χ1) is 16.4. The van der Waals surface area contributed by atoms with Crippen molar-refractivity contribution in [2.75, 3.05) is 24.7 Å². The van der Waals surface area contributed by atoms with Gasteiger partial charge in [-0.05, 0) is 29.2 Å². The van der Waals surface area contributed by atoms with Gasteiger partial charge in [-0.15, -0.1) is 10.2 Å².